The molecule has 0 radical (unpaired) electrons. The Labute approximate surface area is 117 Å². The first-order chi connectivity index (χ1) is 9.17. The van der Waals surface area contributed by atoms with Crippen LogP contribution in [-0.2, 0) is 12.6 Å². The van der Waals surface area contributed by atoms with Gasteiger partial charge in [-0.2, -0.15) is 5.10 Å². The molecule has 2 N–H and O–H groups in total. The highest BCUT2D eigenvalue weighted by Gasteiger charge is 2.31. The van der Waals surface area contributed by atoms with Gasteiger partial charge in [-0.05, 0) is 12.8 Å². The van der Waals surface area contributed by atoms with Gasteiger partial charge in [0.25, 0.3) is 0 Å². The van der Waals surface area contributed by atoms with Crippen molar-refractivity contribution < 1.29 is 0 Å². The molecule has 0 unspecified atom stereocenters. The highest BCUT2D eigenvalue weighted by molar-refractivity contribution is 7.10. The van der Waals surface area contributed by atoms with Gasteiger partial charge in [0.2, 0.25) is 0 Å². The molecule has 0 saturated heterocycles. The van der Waals surface area contributed by atoms with Crippen LogP contribution in [-0.4, -0.2) is 14.8 Å². The van der Waals surface area contributed by atoms with Crippen molar-refractivity contribution in [3.8, 4) is 11.3 Å². The lowest BCUT2D eigenvalue weighted by atomic mass is 9.92. The van der Waals surface area contributed by atoms with Gasteiger partial charge in [-0.25, -0.2) is 4.98 Å². The van der Waals surface area contributed by atoms with Crippen LogP contribution in [0.25, 0.3) is 11.3 Å². The molecule has 2 aromatic heterocycles. The number of aromatic nitrogens is 3. The minimum atomic E-state index is -0.207. The molecule has 102 valence electrons. The molecule has 2 aromatic rings. The van der Waals surface area contributed by atoms with Gasteiger partial charge in [-0.3, -0.25) is 4.68 Å². The summed E-state index contributed by atoms with van der Waals surface area (Å²) in [4.78, 5) is 4.77. The van der Waals surface area contributed by atoms with E-state index in [1.165, 1.54) is 25.7 Å². The lowest BCUT2D eigenvalue weighted by Gasteiger charge is -2.25. The number of rotatable bonds is 2. The van der Waals surface area contributed by atoms with E-state index in [2.05, 4.69) is 10.5 Å². The topological polar surface area (TPSA) is 56.7 Å². The Morgan fingerprint density at radius 2 is 2.00 bits per heavy atom. The average molecular weight is 276 g/mol. The summed E-state index contributed by atoms with van der Waals surface area (Å²) >= 11 is 1.70. The fourth-order valence-electron chi connectivity index (χ4n) is 2.76. The van der Waals surface area contributed by atoms with Crippen molar-refractivity contribution in [1.82, 2.24) is 14.8 Å². The Hall–Kier alpha value is -1.20. The summed E-state index contributed by atoms with van der Waals surface area (Å²) in [5, 5.41) is 7.39. The molecule has 0 spiro atoms. The molecule has 0 aromatic carbocycles. The zero-order chi connectivity index (χ0) is 13.3. The number of aryl methyl sites for hydroxylation is 1. The Morgan fingerprint density at radius 1 is 1.26 bits per heavy atom. The van der Waals surface area contributed by atoms with E-state index in [-0.39, 0.29) is 5.54 Å². The second-order valence-corrected chi connectivity index (χ2v) is 6.37. The summed E-state index contributed by atoms with van der Waals surface area (Å²) in [6.07, 6.45) is 11.0. The van der Waals surface area contributed by atoms with Crippen LogP contribution in [0.1, 0.15) is 43.5 Å². The fourth-order valence-corrected chi connectivity index (χ4v) is 3.76. The Balaban J connectivity index is 1.87. The van der Waals surface area contributed by atoms with Crippen LogP contribution in [0.2, 0.25) is 0 Å². The van der Waals surface area contributed by atoms with Crippen molar-refractivity contribution in [2.24, 2.45) is 12.8 Å². The van der Waals surface area contributed by atoms with Crippen molar-refractivity contribution in [2.45, 2.75) is 44.1 Å². The van der Waals surface area contributed by atoms with Gasteiger partial charge in [0.1, 0.15) is 5.01 Å². The standard InChI is InChI=1S/C14H20N4S/c1-18-9-11(8-16-18)12-10-19-13(17-12)14(15)6-4-2-3-5-7-14/h8-10H,2-7,15H2,1H3. The van der Waals surface area contributed by atoms with Gasteiger partial charge in [0, 0.05) is 24.2 Å². The third-order valence-electron chi connectivity index (χ3n) is 3.93. The van der Waals surface area contributed by atoms with Gasteiger partial charge < -0.3 is 5.73 Å². The summed E-state index contributed by atoms with van der Waals surface area (Å²) in [5.41, 5.74) is 8.47. The van der Waals surface area contributed by atoms with E-state index in [0.717, 1.165) is 29.1 Å². The Kier molecular flexibility index (Phi) is 3.41. The predicted molar refractivity (Wildman–Crippen MR) is 77.9 cm³/mol. The summed E-state index contributed by atoms with van der Waals surface area (Å²) < 4.78 is 1.80. The van der Waals surface area contributed by atoms with E-state index in [0.29, 0.717) is 0 Å². The number of nitrogens with two attached hydrogens (primary N) is 1. The minimum Gasteiger partial charge on any atom is -0.319 e. The van der Waals surface area contributed by atoms with Crippen LogP contribution in [0.3, 0.4) is 0 Å². The zero-order valence-corrected chi connectivity index (χ0v) is 12.1. The van der Waals surface area contributed by atoms with Crippen LogP contribution >= 0.6 is 11.3 Å². The van der Waals surface area contributed by atoms with Gasteiger partial charge >= 0.3 is 0 Å². The lowest BCUT2D eigenvalue weighted by molar-refractivity contribution is 0.384. The first kappa shape index (κ1) is 12.8. The molecule has 0 atom stereocenters. The molecule has 1 saturated carbocycles. The maximum Gasteiger partial charge on any atom is 0.113 e. The van der Waals surface area contributed by atoms with E-state index in [1.54, 1.807) is 16.0 Å². The third kappa shape index (κ3) is 2.58. The van der Waals surface area contributed by atoms with Gasteiger partial charge in [-0.15, -0.1) is 11.3 Å². The summed E-state index contributed by atoms with van der Waals surface area (Å²) in [7, 11) is 1.92. The Morgan fingerprint density at radius 3 is 2.63 bits per heavy atom. The number of thiazole rings is 1. The normalized spacial score (nSPS) is 19.3. The van der Waals surface area contributed by atoms with Gasteiger partial charge in [0.15, 0.2) is 0 Å². The van der Waals surface area contributed by atoms with Crippen molar-refractivity contribution in [1.29, 1.82) is 0 Å². The molecule has 1 aliphatic carbocycles. The zero-order valence-electron chi connectivity index (χ0n) is 11.3. The second-order valence-electron chi connectivity index (χ2n) is 5.51. The molecule has 0 aliphatic heterocycles. The highest BCUT2D eigenvalue weighted by Crippen LogP contribution is 2.36. The summed E-state index contributed by atoms with van der Waals surface area (Å²) in [5.74, 6) is 0. The molecule has 0 amide bonds. The lowest BCUT2D eigenvalue weighted by Crippen LogP contribution is -2.35. The smallest absolute Gasteiger partial charge is 0.113 e. The van der Waals surface area contributed by atoms with E-state index in [9.17, 15) is 0 Å². The molecule has 0 bridgehead atoms. The predicted octanol–water partition coefficient (Wildman–Crippen LogP) is 3.05. The van der Waals surface area contributed by atoms with E-state index in [1.807, 2.05) is 19.4 Å². The quantitative estimate of drug-likeness (QED) is 0.858. The molecule has 2 heterocycles. The van der Waals surface area contributed by atoms with Gasteiger partial charge in [-0.1, -0.05) is 25.7 Å². The van der Waals surface area contributed by atoms with Crippen molar-refractivity contribution in [3.05, 3.63) is 22.8 Å². The minimum absolute atomic E-state index is 0.207. The van der Waals surface area contributed by atoms with Crippen LogP contribution in [0.5, 0.6) is 0 Å². The largest absolute Gasteiger partial charge is 0.319 e. The van der Waals surface area contributed by atoms with Crippen molar-refractivity contribution in [3.63, 3.8) is 0 Å². The van der Waals surface area contributed by atoms with Crippen LogP contribution in [0.4, 0.5) is 0 Å². The van der Waals surface area contributed by atoms with Crippen LogP contribution in [0, 0.1) is 0 Å². The van der Waals surface area contributed by atoms with E-state index in [4.69, 9.17) is 10.7 Å². The molecular weight excluding hydrogens is 256 g/mol. The molecule has 3 rings (SSSR count). The van der Waals surface area contributed by atoms with Crippen molar-refractivity contribution >= 4 is 11.3 Å². The monoisotopic (exact) mass is 276 g/mol. The van der Waals surface area contributed by atoms with Crippen LogP contribution in [0.15, 0.2) is 17.8 Å². The SMILES string of the molecule is Cn1cc(-c2csc(C3(N)CCCCCC3)n2)cn1. The fraction of sp³-hybridized carbons (Fsp3) is 0.571. The summed E-state index contributed by atoms with van der Waals surface area (Å²) in [6, 6.07) is 0. The maximum absolute atomic E-state index is 6.60. The van der Waals surface area contributed by atoms with Gasteiger partial charge in [0.05, 0.1) is 17.4 Å². The first-order valence-electron chi connectivity index (χ1n) is 6.91. The molecule has 19 heavy (non-hydrogen) atoms. The van der Waals surface area contributed by atoms with E-state index < -0.39 is 0 Å². The second kappa shape index (κ2) is 5.06. The highest BCUT2D eigenvalue weighted by atomic mass is 32.1. The first-order valence-corrected chi connectivity index (χ1v) is 7.79. The molecule has 5 heteroatoms. The molecule has 1 aliphatic rings. The third-order valence-corrected chi connectivity index (χ3v) is 4.99. The van der Waals surface area contributed by atoms with Crippen molar-refractivity contribution in [2.75, 3.05) is 0 Å². The average Bonchev–Trinajstić information content (AvgIpc) is 2.97. The maximum atomic E-state index is 6.60. The molecular formula is C14H20N4S. The Bertz CT molecular complexity index is 549. The van der Waals surface area contributed by atoms with Crippen LogP contribution < -0.4 is 5.73 Å². The summed E-state index contributed by atoms with van der Waals surface area (Å²) in [6.45, 7) is 0. The number of nitrogens with zero attached hydrogens (tertiary/aromatic N) is 3. The number of hydrogen-bond acceptors (Lipinski definition) is 4. The van der Waals surface area contributed by atoms with E-state index >= 15 is 0 Å². The number of hydrogen-bond donors (Lipinski definition) is 1. The molecule has 4 nitrogen and oxygen atoms in total. The molecule has 1 fully saturated rings.